The van der Waals surface area contributed by atoms with Gasteiger partial charge in [0.05, 0.1) is 34.0 Å². The van der Waals surface area contributed by atoms with Crippen molar-refractivity contribution < 1.29 is 9.15 Å². The molecule has 11 aromatic rings. The van der Waals surface area contributed by atoms with Crippen LogP contribution in [-0.2, 0) is 0 Å². The number of hydrogen-bond acceptors (Lipinski definition) is 4. The van der Waals surface area contributed by atoms with Crippen molar-refractivity contribution in [3.8, 4) is 39.7 Å². The van der Waals surface area contributed by atoms with Crippen LogP contribution in [0.4, 0.5) is 0 Å². The second-order valence-electron chi connectivity index (χ2n) is 16.3. The SMILES string of the molecule is Cc1cc2ccoc2c2nc3c4cc(Oc5cccc(-c6nc7ccccc7n6-c6c(C(C)C)cc(-c7ccccc7)cc6C(C)C)c5)ccc4c4ccccc4n3c12. The van der Waals surface area contributed by atoms with Crippen LogP contribution < -0.4 is 4.74 Å². The van der Waals surface area contributed by atoms with Crippen LogP contribution in [0.1, 0.15) is 56.2 Å². The molecule has 0 saturated carbocycles. The molecule has 6 nitrogen and oxygen atoms in total. The zero-order valence-corrected chi connectivity index (χ0v) is 33.7. The molecule has 7 aromatic carbocycles. The fraction of sp³-hybridized carbons (Fsp3) is 0.132. The maximum absolute atomic E-state index is 6.78. The fourth-order valence-corrected chi connectivity index (χ4v) is 9.08. The Balaban J connectivity index is 1.07. The number of benzene rings is 7. The van der Waals surface area contributed by atoms with E-state index in [0.29, 0.717) is 0 Å². The third kappa shape index (κ3) is 5.54. The van der Waals surface area contributed by atoms with Gasteiger partial charge in [-0.2, -0.15) is 0 Å². The molecule has 4 aromatic heterocycles. The summed E-state index contributed by atoms with van der Waals surface area (Å²) in [5.41, 5.74) is 15.1. The van der Waals surface area contributed by atoms with Gasteiger partial charge in [-0.1, -0.05) is 100 Å². The van der Waals surface area contributed by atoms with Crippen LogP contribution >= 0.6 is 0 Å². The van der Waals surface area contributed by atoms with Crippen molar-refractivity contribution in [3.63, 3.8) is 0 Å². The van der Waals surface area contributed by atoms with Crippen LogP contribution in [0.5, 0.6) is 11.5 Å². The Labute approximate surface area is 342 Å². The molecule has 0 aliphatic carbocycles. The van der Waals surface area contributed by atoms with E-state index in [1.54, 1.807) is 6.26 Å². The van der Waals surface area contributed by atoms with Crippen molar-refractivity contribution in [1.29, 1.82) is 0 Å². The van der Waals surface area contributed by atoms with Gasteiger partial charge < -0.3 is 9.15 Å². The van der Waals surface area contributed by atoms with Crippen LogP contribution in [0.15, 0.2) is 156 Å². The summed E-state index contributed by atoms with van der Waals surface area (Å²) >= 11 is 0. The third-order valence-corrected chi connectivity index (χ3v) is 11.8. The molecule has 0 fully saturated rings. The van der Waals surface area contributed by atoms with E-state index >= 15 is 0 Å². The number of furan rings is 1. The number of fused-ring (bicyclic) bond motifs is 11. The summed E-state index contributed by atoms with van der Waals surface area (Å²) in [4.78, 5) is 10.6. The number of ether oxygens (including phenoxy) is 1. The highest BCUT2D eigenvalue weighted by Crippen LogP contribution is 2.42. The standard InChI is InChI=1S/C53H42N4O2/c1-31(2)42-28-37(34-14-7-6-8-15-34)29-43(32(3)4)50(42)57-47-21-12-10-19-45(47)54-52(57)36-16-13-17-38(27-36)59-39-22-23-40-41-18-9-11-20-46(41)56-49-33(5)26-35-24-25-58-51(35)48(49)55-53(56)44(40)30-39/h6-32H,1-5H3. The highest BCUT2D eigenvalue weighted by Gasteiger charge is 2.24. The van der Waals surface area contributed by atoms with Gasteiger partial charge in [0, 0.05) is 21.7 Å². The van der Waals surface area contributed by atoms with E-state index < -0.39 is 0 Å². The van der Waals surface area contributed by atoms with Gasteiger partial charge in [0.15, 0.2) is 5.58 Å². The van der Waals surface area contributed by atoms with E-state index in [4.69, 9.17) is 19.1 Å². The predicted octanol–water partition coefficient (Wildman–Crippen LogP) is 14.6. The molecule has 0 atom stereocenters. The normalized spacial score (nSPS) is 12.1. The van der Waals surface area contributed by atoms with Gasteiger partial charge in [-0.15, -0.1) is 0 Å². The first kappa shape index (κ1) is 35.0. The van der Waals surface area contributed by atoms with Crippen LogP contribution in [-0.4, -0.2) is 18.9 Å². The summed E-state index contributed by atoms with van der Waals surface area (Å²) < 4.78 is 17.4. The van der Waals surface area contributed by atoms with Gasteiger partial charge in [0.2, 0.25) is 0 Å². The minimum atomic E-state index is 0.271. The number of aryl methyl sites for hydroxylation is 1. The lowest BCUT2D eigenvalue weighted by atomic mass is 9.88. The highest BCUT2D eigenvalue weighted by molar-refractivity contribution is 6.16. The molecule has 0 radical (unpaired) electrons. The topological polar surface area (TPSA) is 57.5 Å². The zero-order chi connectivity index (χ0) is 39.9. The molecule has 4 heterocycles. The lowest BCUT2D eigenvalue weighted by molar-refractivity contribution is 0.483. The molecule has 0 aliphatic rings. The van der Waals surface area contributed by atoms with Crippen molar-refractivity contribution in [3.05, 3.63) is 169 Å². The van der Waals surface area contributed by atoms with Gasteiger partial charge in [0.25, 0.3) is 0 Å². The summed E-state index contributed by atoms with van der Waals surface area (Å²) in [6, 6.07) is 51.3. The Morgan fingerprint density at radius 2 is 1.29 bits per heavy atom. The molecule has 0 bridgehead atoms. The monoisotopic (exact) mass is 766 g/mol. The molecular weight excluding hydrogens is 725 g/mol. The molecule has 6 heteroatoms. The minimum absolute atomic E-state index is 0.271. The summed E-state index contributed by atoms with van der Waals surface area (Å²) in [6.07, 6.45) is 1.74. The van der Waals surface area contributed by atoms with Crippen molar-refractivity contribution >= 4 is 60.4 Å². The van der Waals surface area contributed by atoms with Crippen molar-refractivity contribution in [2.45, 2.75) is 46.5 Å². The molecule has 11 rings (SSSR count). The summed E-state index contributed by atoms with van der Waals surface area (Å²) in [7, 11) is 0. The van der Waals surface area contributed by atoms with Gasteiger partial charge >= 0.3 is 0 Å². The Morgan fingerprint density at radius 3 is 2.08 bits per heavy atom. The van der Waals surface area contributed by atoms with Crippen LogP contribution in [0.25, 0.3) is 88.6 Å². The van der Waals surface area contributed by atoms with Crippen LogP contribution in [0, 0.1) is 6.92 Å². The quantitative estimate of drug-likeness (QED) is 0.152. The molecule has 286 valence electrons. The molecule has 0 amide bonds. The van der Waals surface area contributed by atoms with E-state index in [1.807, 2.05) is 12.1 Å². The zero-order valence-electron chi connectivity index (χ0n) is 33.7. The van der Waals surface area contributed by atoms with Crippen molar-refractivity contribution in [1.82, 2.24) is 18.9 Å². The van der Waals surface area contributed by atoms with Crippen molar-refractivity contribution in [2.75, 3.05) is 0 Å². The molecule has 0 aliphatic heterocycles. The molecule has 0 unspecified atom stereocenters. The largest absolute Gasteiger partial charge is 0.462 e. The number of aromatic nitrogens is 4. The van der Waals surface area contributed by atoms with Gasteiger partial charge in [-0.25, -0.2) is 9.97 Å². The average Bonchev–Trinajstić information content (AvgIpc) is 4.00. The minimum Gasteiger partial charge on any atom is -0.462 e. The smallest absolute Gasteiger partial charge is 0.161 e. The number of rotatable bonds is 7. The summed E-state index contributed by atoms with van der Waals surface area (Å²) in [5, 5.41) is 4.33. The fourth-order valence-electron chi connectivity index (χ4n) is 9.08. The van der Waals surface area contributed by atoms with E-state index in [1.165, 1.54) is 27.9 Å². The second-order valence-corrected chi connectivity index (χ2v) is 16.3. The van der Waals surface area contributed by atoms with E-state index in [-0.39, 0.29) is 11.8 Å². The predicted molar refractivity (Wildman–Crippen MR) is 242 cm³/mol. The number of pyridine rings is 1. The summed E-state index contributed by atoms with van der Waals surface area (Å²) in [6.45, 7) is 11.3. The maximum atomic E-state index is 6.78. The van der Waals surface area contributed by atoms with E-state index in [9.17, 15) is 0 Å². The molecule has 0 N–H and O–H groups in total. The third-order valence-electron chi connectivity index (χ3n) is 11.8. The van der Waals surface area contributed by atoms with Crippen LogP contribution in [0.2, 0.25) is 0 Å². The Hall–Kier alpha value is -7.18. The average molecular weight is 767 g/mol. The first-order chi connectivity index (χ1) is 28.8. The van der Waals surface area contributed by atoms with Gasteiger partial charge in [-0.3, -0.25) is 8.97 Å². The van der Waals surface area contributed by atoms with Crippen LogP contribution in [0.3, 0.4) is 0 Å². The number of nitrogens with zero attached hydrogens (tertiary/aromatic N) is 4. The first-order valence-electron chi connectivity index (χ1n) is 20.4. The van der Waals surface area contributed by atoms with E-state index in [2.05, 4.69) is 177 Å². The van der Waals surface area contributed by atoms with E-state index in [0.717, 1.165) is 88.8 Å². The molecular formula is C53H42N4O2. The Bertz CT molecular complexity index is 3410. The maximum Gasteiger partial charge on any atom is 0.161 e. The molecule has 59 heavy (non-hydrogen) atoms. The molecule has 0 spiro atoms. The van der Waals surface area contributed by atoms with Gasteiger partial charge in [-0.05, 0) is 125 Å². The van der Waals surface area contributed by atoms with Gasteiger partial charge in [0.1, 0.15) is 28.5 Å². The lowest BCUT2D eigenvalue weighted by Gasteiger charge is -2.24. The summed E-state index contributed by atoms with van der Waals surface area (Å²) in [5.74, 6) is 2.88. The molecule has 0 saturated heterocycles. The Kier molecular flexibility index (Phi) is 7.99. The highest BCUT2D eigenvalue weighted by atomic mass is 16.5. The number of hydrogen-bond donors (Lipinski definition) is 0. The van der Waals surface area contributed by atoms with Crippen molar-refractivity contribution in [2.24, 2.45) is 0 Å². The lowest BCUT2D eigenvalue weighted by Crippen LogP contribution is -2.09. The Morgan fingerprint density at radius 1 is 0.576 bits per heavy atom. The second kappa shape index (κ2) is 13.5. The number of para-hydroxylation sites is 3. The first-order valence-corrected chi connectivity index (χ1v) is 20.4. The number of imidazole rings is 2.